The molecular weight excluding hydrogens is 318 g/mol. The van der Waals surface area contributed by atoms with Crippen LogP contribution < -0.4 is 0 Å². The number of phenolic OH excluding ortho intramolecular Hbond substituents is 1. The van der Waals surface area contributed by atoms with Gasteiger partial charge in [-0.15, -0.1) is 0 Å². The molecule has 1 aromatic carbocycles. The largest absolute Gasteiger partial charge is 0.507 e. The molecule has 0 saturated carbocycles. The van der Waals surface area contributed by atoms with Crippen LogP contribution in [0, 0.1) is 0 Å². The van der Waals surface area contributed by atoms with E-state index in [4.69, 9.17) is 11.6 Å². The lowest BCUT2D eigenvalue weighted by Gasteiger charge is -2.21. The van der Waals surface area contributed by atoms with Crippen molar-refractivity contribution in [2.45, 2.75) is 33.6 Å². The van der Waals surface area contributed by atoms with Gasteiger partial charge in [0, 0.05) is 28.2 Å². The van der Waals surface area contributed by atoms with E-state index in [2.05, 4.69) is 25.7 Å². The van der Waals surface area contributed by atoms with Gasteiger partial charge >= 0.3 is 0 Å². The van der Waals surface area contributed by atoms with E-state index in [1.807, 2.05) is 0 Å². The molecule has 1 N–H and O–H groups in total. The van der Waals surface area contributed by atoms with Crippen molar-refractivity contribution in [1.29, 1.82) is 0 Å². The summed E-state index contributed by atoms with van der Waals surface area (Å²) < 4.78 is 0. The first-order valence-electron chi connectivity index (χ1n) is 7.31. The Kier molecular flexibility index (Phi) is 5.59. The van der Waals surface area contributed by atoms with E-state index in [0.717, 1.165) is 24.4 Å². The Bertz CT molecular complexity index is 652. The van der Waals surface area contributed by atoms with Gasteiger partial charge in [0.05, 0.1) is 10.6 Å². The summed E-state index contributed by atoms with van der Waals surface area (Å²) in [5.74, 6) is -0.276. The second kappa shape index (κ2) is 7.25. The zero-order valence-electron chi connectivity index (χ0n) is 13.0. The third kappa shape index (κ3) is 3.68. The van der Waals surface area contributed by atoms with Crippen molar-refractivity contribution in [2.24, 2.45) is 0 Å². The van der Waals surface area contributed by atoms with Gasteiger partial charge in [-0.05, 0) is 38.5 Å². The molecule has 0 saturated heterocycles. The topological polar surface area (TPSA) is 40.5 Å². The summed E-state index contributed by atoms with van der Waals surface area (Å²) in [5, 5.41) is 11.2. The minimum absolute atomic E-state index is 0.0456. The number of thioether (sulfide) groups is 1. The highest BCUT2D eigenvalue weighted by molar-refractivity contribution is 8.06. The average molecular weight is 338 g/mol. The smallest absolute Gasteiger partial charge is 0.192 e. The molecule has 0 radical (unpaired) electrons. The van der Waals surface area contributed by atoms with Crippen molar-refractivity contribution >= 4 is 29.1 Å². The summed E-state index contributed by atoms with van der Waals surface area (Å²) in [6, 6.07) is 4.51. The number of halogens is 1. The van der Waals surface area contributed by atoms with Crippen LogP contribution in [0.15, 0.2) is 39.9 Å². The molecule has 1 aliphatic heterocycles. The van der Waals surface area contributed by atoms with Gasteiger partial charge in [-0.3, -0.25) is 4.79 Å². The molecule has 1 aliphatic rings. The Morgan fingerprint density at radius 2 is 2.14 bits per heavy atom. The van der Waals surface area contributed by atoms with Gasteiger partial charge in [0.1, 0.15) is 5.75 Å². The second-order valence-electron chi connectivity index (χ2n) is 5.26. The number of rotatable bonds is 5. The average Bonchev–Trinajstić information content (AvgIpc) is 2.74. The highest BCUT2D eigenvalue weighted by atomic mass is 35.5. The quantitative estimate of drug-likeness (QED) is 0.594. The number of hydrogen-bond acceptors (Lipinski definition) is 4. The van der Waals surface area contributed by atoms with Crippen LogP contribution in [0.25, 0.3) is 0 Å². The Morgan fingerprint density at radius 1 is 1.41 bits per heavy atom. The number of nitrogens with zero attached hydrogens (tertiary/aromatic N) is 1. The number of phenols is 1. The monoisotopic (exact) mass is 337 g/mol. The van der Waals surface area contributed by atoms with Gasteiger partial charge in [0.25, 0.3) is 0 Å². The van der Waals surface area contributed by atoms with Crippen LogP contribution in [0.2, 0.25) is 5.02 Å². The lowest BCUT2D eigenvalue weighted by atomic mass is 10.1. The van der Waals surface area contributed by atoms with Crippen molar-refractivity contribution in [3.63, 3.8) is 0 Å². The van der Waals surface area contributed by atoms with E-state index in [9.17, 15) is 9.90 Å². The van der Waals surface area contributed by atoms with Crippen molar-refractivity contribution in [3.05, 3.63) is 50.5 Å². The van der Waals surface area contributed by atoms with E-state index in [1.54, 1.807) is 23.9 Å². The van der Waals surface area contributed by atoms with Crippen LogP contribution in [0.4, 0.5) is 0 Å². The first kappa shape index (κ1) is 17.0. The third-order valence-electron chi connectivity index (χ3n) is 3.65. The summed E-state index contributed by atoms with van der Waals surface area (Å²) in [6.07, 6.45) is 3.76. The van der Waals surface area contributed by atoms with E-state index in [1.165, 1.54) is 22.7 Å². The molecular formula is C17H20ClNO2S. The van der Waals surface area contributed by atoms with Gasteiger partial charge in [-0.25, -0.2) is 0 Å². The summed E-state index contributed by atoms with van der Waals surface area (Å²) in [7, 11) is 0. The van der Waals surface area contributed by atoms with Crippen LogP contribution in [-0.4, -0.2) is 22.3 Å². The SMILES string of the molecule is CCCCN1C(C)=C(C)S/C1=C\C(=O)c1cc(Cl)ccc1O. The van der Waals surface area contributed by atoms with Crippen molar-refractivity contribution in [2.75, 3.05) is 6.54 Å². The van der Waals surface area contributed by atoms with E-state index >= 15 is 0 Å². The van der Waals surface area contributed by atoms with Gasteiger partial charge in [-0.2, -0.15) is 0 Å². The fraction of sp³-hybridized carbons (Fsp3) is 0.353. The molecule has 0 fully saturated rings. The molecule has 5 heteroatoms. The van der Waals surface area contributed by atoms with Crippen molar-refractivity contribution < 1.29 is 9.90 Å². The molecule has 0 atom stereocenters. The molecule has 1 aromatic rings. The molecule has 1 heterocycles. The Hall–Kier alpha value is -1.39. The molecule has 0 amide bonds. The van der Waals surface area contributed by atoms with Crippen LogP contribution in [0.5, 0.6) is 5.75 Å². The normalized spacial score (nSPS) is 16.7. The maximum absolute atomic E-state index is 12.5. The van der Waals surface area contributed by atoms with Crippen molar-refractivity contribution in [1.82, 2.24) is 4.90 Å². The van der Waals surface area contributed by atoms with Gasteiger partial charge < -0.3 is 10.0 Å². The number of aromatic hydroxyl groups is 1. The van der Waals surface area contributed by atoms with Crippen LogP contribution in [-0.2, 0) is 0 Å². The number of benzene rings is 1. The molecule has 0 aromatic heterocycles. The lowest BCUT2D eigenvalue weighted by molar-refractivity contribution is 0.104. The number of allylic oxidation sites excluding steroid dienone is 3. The zero-order valence-corrected chi connectivity index (χ0v) is 14.6. The van der Waals surface area contributed by atoms with Gasteiger partial charge in [0.15, 0.2) is 5.78 Å². The predicted octanol–water partition coefficient (Wildman–Crippen LogP) is 5.17. The number of ketones is 1. The minimum Gasteiger partial charge on any atom is -0.507 e. The molecule has 0 spiro atoms. The fourth-order valence-corrected chi connectivity index (χ4v) is 3.49. The molecule has 3 nitrogen and oxygen atoms in total. The first-order chi connectivity index (χ1) is 10.4. The fourth-order valence-electron chi connectivity index (χ4n) is 2.24. The summed E-state index contributed by atoms with van der Waals surface area (Å²) in [6.45, 7) is 7.17. The maximum Gasteiger partial charge on any atom is 0.192 e. The first-order valence-corrected chi connectivity index (χ1v) is 8.51. The van der Waals surface area contributed by atoms with Crippen LogP contribution >= 0.6 is 23.4 Å². The highest BCUT2D eigenvalue weighted by Gasteiger charge is 2.23. The molecule has 0 unspecified atom stereocenters. The van der Waals surface area contributed by atoms with E-state index < -0.39 is 0 Å². The van der Waals surface area contributed by atoms with Crippen LogP contribution in [0.1, 0.15) is 44.0 Å². The van der Waals surface area contributed by atoms with E-state index in [-0.39, 0.29) is 17.1 Å². The summed E-state index contributed by atoms with van der Waals surface area (Å²) in [4.78, 5) is 15.8. The van der Waals surface area contributed by atoms with E-state index in [0.29, 0.717) is 5.02 Å². The molecule has 0 aliphatic carbocycles. The molecule has 0 bridgehead atoms. The standard InChI is InChI=1S/C17H20ClNO2S/c1-4-5-8-19-11(2)12(3)22-17(19)10-16(21)14-9-13(18)6-7-15(14)20/h6-7,9-10,20H,4-5,8H2,1-3H3/b17-10-. The Labute approximate surface area is 140 Å². The summed E-state index contributed by atoms with van der Waals surface area (Å²) in [5.41, 5.74) is 1.42. The number of unbranched alkanes of at least 4 members (excludes halogenated alkanes) is 1. The molecule has 2 rings (SSSR count). The Morgan fingerprint density at radius 3 is 2.82 bits per heavy atom. The second-order valence-corrected chi connectivity index (χ2v) is 6.93. The predicted molar refractivity (Wildman–Crippen MR) is 93.1 cm³/mol. The maximum atomic E-state index is 12.5. The Balaban J connectivity index is 2.27. The van der Waals surface area contributed by atoms with Crippen molar-refractivity contribution in [3.8, 4) is 5.75 Å². The van der Waals surface area contributed by atoms with Gasteiger partial charge in [-0.1, -0.05) is 36.7 Å². The summed E-state index contributed by atoms with van der Waals surface area (Å²) >= 11 is 7.51. The highest BCUT2D eigenvalue weighted by Crippen LogP contribution is 2.41. The molecule has 118 valence electrons. The van der Waals surface area contributed by atoms with Gasteiger partial charge in [0.2, 0.25) is 0 Å². The number of hydrogen-bond donors (Lipinski definition) is 1. The van der Waals surface area contributed by atoms with Crippen LogP contribution in [0.3, 0.4) is 0 Å². The zero-order chi connectivity index (χ0) is 16.3. The number of carbonyl (C=O) groups is 1. The third-order valence-corrected chi connectivity index (χ3v) is 5.04. The lowest BCUT2D eigenvalue weighted by Crippen LogP contribution is -2.18. The minimum atomic E-state index is -0.230. The number of carbonyl (C=O) groups excluding carboxylic acids is 1. The molecule has 22 heavy (non-hydrogen) atoms.